The second-order valence-corrected chi connectivity index (χ2v) is 6.96. The second kappa shape index (κ2) is 7.60. The number of pyridine rings is 1. The zero-order valence-corrected chi connectivity index (χ0v) is 16.2. The number of fused-ring (bicyclic) bond motifs is 1. The van der Waals surface area contributed by atoms with Gasteiger partial charge in [0.15, 0.2) is 5.69 Å². The lowest BCUT2D eigenvalue weighted by atomic mass is 9.97. The monoisotopic (exact) mass is 394 g/mol. The third-order valence-corrected chi connectivity index (χ3v) is 5.15. The van der Waals surface area contributed by atoms with Gasteiger partial charge in [-0.3, -0.25) is 4.79 Å². The first kappa shape index (κ1) is 18.4. The van der Waals surface area contributed by atoms with Crippen LogP contribution in [0.1, 0.15) is 30.3 Å². The zero-order valence-electron chi connectivity index (χ0n) is 15.4. The highest BCUT2D eigenvalue weighted by Crippen LogP contribution is 2.43. The van der Waals surface area contributed by atoms with Crippen LogP contribution >= 0.6 is 11.6 Å². The Kier molecular flexibility index (Phi) is 5.01. The van der Waals surface area contributed by atoms with Crippen molar-refractivity contribution in [1.82, 2.24) is 4.98 Å². The summed E-state index contributed by atoms with van der Waals surface area (Å²) in [5, 5.41) is 1.29. The van der Waals surface area contributed by atoms with E-state index in [9.17, 15) is 9.59 Å². The first-order chi connectivity index (χ1) is 13.6. The van der Waals surface area contributed by atoms with Gasteiger partial charge in [0.25, 0.3) is 0 Å². The Morgan fingerprint density at radius 1 is 1.18 bits per heavy atom. The van der Waals surface area contributed by atoms with Crippen LogP contribution in [0.15, 0.2) is 48.5 Å². The van der Waals surface area contributed by atoms with Crippen LogP contribution in [0.4, 0.5) is 5.69 Å². The second-order valence-electron chi connectivity index (χ2n) is 6.55. The number of halogens is 1. The molecule has 28 heavy (non-hydrogen) atoms. The fraction of sp³-hybridized carbons (Fsp3) is 0.227. The van der Waals surface area contributed by atoms with E-state index in [2.05, 4.69) is 4.98 Å². The summed E-state index contributed by atoms with van der Waals surface area (Å²) in [5.74, 6) is -0.504. The summed E-state index contributed by atoms with van der Waals surface area (Å²) in [6.45, 7) is 2.57. The summed E-state index contributed by atoms with van der Waals surface area (Å²) < 4.78 is 5.28. The van der Waals surface area contributed by atoms with Gasteiger partial charge in [0.2, 0.25) is 5.91 Å². The summed E-state index contributed by atoms with van der Waals surface area (Å²) in [6, 6.07) is 14.8. The van der Waals surface area contributed by atoms with Crippen LogP contribution in [-0.4, -0.2) is 30.0 Å². The number of nitrogens with zero attached hydrogens (tertiary/aromatic N) is 2. The molecule has 1 saturated heterocycles. The molecule has 3 aromatic rings. The molecule has 1 fully saturated rings. The summed E-state index contributed by atoms with van der Waals surface area (Å²) in [5.41, 5.74) is 2.67. The number of anilines is 1. The van der Waals surface area contributed by atoms with Gasteiger partial charge in [-0.05, 0) is 25.5 Å². The Labute approximate surface area is 167 Å². The number of ether oxygens (including phenoxy) is 1. The maximum absolute atomic E-state index is 12.8. The number of hydrogen-bond donors (Lipinski definition) is 0. The van der Waals surface area contributed by atoms with Crippen molar-refractivity contribution in [3.8, 4) is 11.1 Å². The lowest BCUT2D eigenvalue weighted by Gasteiger charge is -2.24. The van der Waals surface area contributed by atoms with Crippen LogP contribution in [0, 0.1) is 0 Å². The lowest BCUT2D eigenvalue weighted by Crippen LogP contribution is -2.26. The lowest BCUT2D eigenvalue weighted by molar-refractivity contribution is -0.117. The first-order valence-corrected chi connectivity index (χ1v) is 9.64. The number of rotatable bonds is 4. The molecule has 6 heteroatoms. The molecular weight excluding hydrogens is 376 g/mol. The highest BCUT2D eigenvalue weighted by Gasteiger charge is 2.31. The molecule has 0 radical (unpaired) electrons. The summed E-state index contributed by atoms with van der Waals surface area (Å²) in [7, 11) is 0. The molecule has 0 bridgehead atoms. The number of para-hydroxylation sites is 1. The third-order valence-electron chi connectivity index (χ3n) is 4.82. The summed E-state index contributed by atoms with van der Waals surface area (Å²) in [4.78, 5) is 31.8. The predicted octanol–water partition coefficient (Wildman–Crippen LogP) is 4.86. The van der Waals surface area contributed by atoms with E-state index in [0.29, 0.717) is 40.3 Å². The fourth-order valence-electron chi connectivity index (χ4n) is 3.63. The van der Waals surface area contributed by atoms with Crippen molar-refractivity contribution in [2.45, 2.75) is 19.8 Å². The van der Waals surface area contributed by atoms with Gasteiger partial charge in [-0.25, -0.2) is 9.78 Å². The molecule has 0 spiro atoms. The predicted molar refractivity (Wildman–Crippen MR) is 110 cm³/mol. The van der Waals surface area contributed by atoms with E-state index in [1.807, 2.05) is 42.5 Å². The van der Waals surface area contributed by atoms with Crippen molar-refractivity contribution in [3.05, 3.63) is 59.2 Å². The SMILES string of the molecule is CCOC(=O)c1nc2ccccc2c(N2CCCC2=O)c1-c1ccccc1Cl. The van der Waals surface area contributed by atoms with Crippen LogP contribution in [0.5, 0.6) is 0 Å². The Morgan fingerprint density at radius 2 is 1.93 bits per heavy atom. The molecule has 1 aliphatic rings. The zero-order chi connectivity index (χ0) is 19.7. The number of hydrogen-bond acceptors (Lipinski definition) is 4. The molecule has 142 valence electrons. The Bertz CT molecular complexity index is 1080. The number of carbonyl (C=O) groups is 2. The first-order valence-electron chi connectivity index (χ1n) is 9.27. The van der Waals surface area contributed by atoms with Crippen molar-refractivity contribution in [2.75, 3.05) is 18.1 Å². The van der Waals surface area contributed by atoms with Crippen molar-refractivity contribution < 1.29 is 14.3 Å². The van der Waals surface area contributed by atoms with Crippen LogP contribution < -0.4 is 4.90 Å². The molecule has 5 nitrogen and oxygen atoms in total. The molecule has 0 unspecified atom stereocenters. The van der Waals surface area contributed by atoms with Gasteiger partial charge in [-0.15, -0.1) is 0 Å². The van der Waals surface area contributed by atoms with Gasteiger partial charge in [0, 0.05) is 34.5 Å². The van der Waals surface area contributed by atoms with Crippen LogP contribution in [0.2, 0.25) is 5.02 Å². The highest BCUT2D eigenvalue weighted by molar-refractivity contribution is 6.34. The van der Waals surface area contributed by atoms with Gasteiger partial charge in [0.1, 0.15) is 0 Å². The maximum atomic E-state index is 12.8. The van der Waals surface area contributed by atoms with E-state index in [0.717, 1.165) is 11.8 Å². The normalized spacial score (nSPS) is 13.9. The highest BCUT2D eigenvalue weighted by atomic mass is 35.5. The molecule has 2 heterocycles. The molecule has 0 saturated carbocycles. The standard InChI is InChI=1S/C22H19ClN2O3/c1-2-28-22(27)20-19(14-8-3-5-10-16(14)23)21(25-13-7-12-18(25)26)15-9-4-6-11-17(15)24-20/h3-6,8-11H,2,7,12-13H2,1H3. The van der Waals surface area contributed by atoms with Crippen molar-refractivity contribution >= 4 is 40.1 Å². The Balaban J connectivity index is 2.13. The minimum Gasteiger partial charge on any atom is -0.461 e. The van der Waals surface area contributed by atoms with Crippen molar-refractivity contribution in [3.63, 3.8) is 0 Å². The molecule has 1 aromatic heterocycles. The van der Waals surface area contributed by atoms with Gasteiger partial charge >= 0.3 is 5.97 Å². The molecule has 2 aromatic carbocycles. The molecule has 1 amide bonds. The van der Waals surface area contributed by atoms with E-state index >= 15 is 0 Å². The van der Waals surface area contributed by atoms with Gasteiger partial charge in [-0.2, -0.15) is 0 Å². The topological polar surface area (TPSA) is 59.5 Å². The molecular formula is C22H19ClN2O3. The quantitative estimate of drug-likeness (QED) is 0.593. The molecule has 4 rings (SSSR count). The van der Waals surface area contributed by atoms with Gasteiger partial charge in [-0.1, -0.05) is 48.0 Å². The van der Waals surface area contributed by atoms with Crippen molar-refractivity contribution in [1.29, 1.82) is 0 Å². The number of carbonyl (C=O) groups excluding carboxylic acids is 2. The average molecular weight is 395 g/mol. The van der Waals surface area contributed by atoms with Gasteiger partial charge < -0.3 is 9.64 Å². The van der Waals surface area contributed by atoms with E-state index in [4.69, 9.17) is 16.3 Å². The maximum Gasteiger partial charge on any atom is 0.357 e. The van der Waals surface area contributed by atoms with Crippen molar-refractivity contribution in [2.24, 2.45) is 0 Å². The minimum absolute atomic E-state index is 0.0273. The number of amides is 1. The Morgan fingerprint density at radius 3 is 2.64 bits per heavy atom. The van der Waals surface area contributed by atoms with E-state index in [-0.39, 0.29) is 18.2 Å². The summed E-state index contributed by atoms with van der Waals surface area (Å²) in [6.07, 6.45) is 1.25. The number of esters is 1. The van der Waals surface area contributed by atoms with Crippen LogP contribution in [-0.2, 0) is 9.53 Å². The largest absolute Gasteiger partial charge is 0.461 e. The van der Waals surface area contributed by atoms with E-state index < -0.39 is 5.97 Å². The smallest absolute Gasteiger partial charge is 0.357 e. The molecule has 1 aliphatic heterocycles. The van der Waals surface area contributed by atoms with E-state index in [1.165, 1.54) is 0 Å². The van der Waals surface area contributed by atoms with E-state index in [1.54, 1.807) is 17.9 Å². The number of aromatic nitrogens is 1. The van der Waals surface area contributed by atoms with Gasteiger partial charge in [0.05, 0.1) is 17.8 Å². The van der Waals surface area contributed by atoms with Crippen LogP contribution in [0.25, 0.3) is 22.0 Å². The number of benzene rings is 2. The third kappa shape index (κ3) is 3.12. The molecule has 0 N–H and O–H groups in total. The summed E-state index contributed by atoms with van der Waals surface area (Å²) >= 11 is 6.50. The molecule has 0 aliphatic carbocycles. The Hall–Kier alpha value is -2.92. The average Bonchev–Trinajstić information content (AvgIpc) is 3.12. The molecule has 0 atom stereocenters. The fourth-order valence-corrected chi connectivity index (χ4v) is 3.86. The van der Waals surface area contributed by atoms with Crippen LogP contribution in [0.3, 0.4) is 0 Å². The minimum atomic E-state index is -0.531.